The fraction of sp³-hybridized carbons (Fsp3) is 0.562. The van der Waals surface area contributed by atoms with Gasteiger partial charge in [-0.3, -0.25) is 4.79 Å². The molecule has 0 aromatic heterocycles. The van der Waals surface area contributed by atoms with Crippen molar-refractivity contribution < 1.29 is 9.53 Å². The molecule has 0 unspecified atom stereocenters. The first-order valence-corrected chi connectivity index (χ1v) is 7.41. The third-order valence-corrected chi connectivity index (χ3v) is 4.02. The second-order valence-corrected chi connectivity index (χ2v) is 5.31. The van der Waals surface area contributed by atoms with Crippen molar-refractivity contribution in [2.45, 2.75) is 31.1 Å². The first-order chi connectivity index (χ1) is 9.79. The van der Waals surface area contributed by atoms with Gasteiger partial charge in [0.2, 0.25) is 5.91 Å². The van der Waals surface area contributed by atoms with Gasteiger partial charge in [0, 0.05) is 19.8 Å². The molecule has 0 atom stereocenters. The van der Waals surface area contributed by atoms with Crippen LogP contribution in [0.25, 0.3) is 0 Å². The second kappa shape index (κ2) is 9.03. The van der Waals surface area contributed by atoms with Crippen molar-refractivity contribution >= 4 is 18.3 Å². The molecular weight excluding hydrogens is 288 g/mol. The number of carbonyl (C=O) groups excluding carboxylic acids is 1. The molecule has 0 aliphatic carbocycles. The van der Waals surface area contributed by atoms with Crippen molar-refractivity contribution in [1.82, 2.24) is 5.32 Å². The van der Waals surface area contributed by atoms with E-state index in [2.05, 4.69) is 5.32 Å². The Kier molecular flexibility index (Phi) is 7.72. The van der Waals surface area contributed by atoms with E-state index in [4.69, 9.17) is 10.5 Å². The van der Waals surface area contributed by atoms with Crippen molar-refractivity contribution in [3.63, 3.8) is 0 Å². The van der Waals surface area contributed by atoms with Crippen LogP contribution in [0.1, 0.15) is 31.2 Å². The number of ether oxygens (including phenoxy) is 1. The highest BCUT2D eigenvalue weighted by Crippen LogP contribution is 2.35. The van der Waals surface area contributed by atoms with Gasteiger partial charge in [-0.2, -0.15) is 0 Å². The lowest BCUT2D eigenvalue weighted by molar-refractivity contribution is -0.130. The molecule has 1 aromatic rings. The van der Waals surface area contributed by atoms with Crippen molar-refractivity contribution in [2.24, 2.45) is 5.73 Å². The van der Waals surface area contributed by atoms with Crippen LogP contribution >= 0.6 is 12.4 Å². The fourth-order valence-electron chi connectivity index (χ4n) is 2.76. The number of nitrogens with two attached hydrogens (primary N) is 1. The smallest absolute Gasteiger partial charge is 0.230 e. The largest absolute Gasteiger partial charge is 0.381 e. The summed E-state index contributed by atoms with van der Waals surface area (Å²) in [5.41, 5.74) is 6.14. The monoisotopic (exact) mass is 312 g/mol. The molecule has 5 heteroatoms. The summed E-state index contributed by atoms with van der Waals surface area (Å²) in [6, 6.07) is 10.1. The Morgan fingerprint density at radius 2 is 1.86 bits per heavy atom. The number of nitrogens with one attached hydrogen (secondary N) is 1. The molecular formula is C16H25ClN2O2. The Labute approximate surface area is 132 Å². The van der Waals surface area contributed by atoms with Crippen molar-refractivity contribution in [1.29, 1.82) is 0 Å². The van der Waals surface area contributed by atoms with Gasteiger partial charge >= 0.3 is 0 Å². The molecule has 1 aliphatic rings. The molecule has 21 heavy (non-hydrogen) atoms. The number of halogens is 1. The highest BCUT2D eigenvalue weighted by Gasteiger charge is 2.41. The molecule has 1 fully saturated rings. The predicted octanol–water partition coefficient (Wildman–Crippen LogP) is 2.01. The van der Waals surface area contributed by atoms with Crippen LogP contribution in [0.3, 0.4) is 0 Å². The molecule has 1 amide bonds. The van der Waals surface area contributed by atoms with E-state index >= 15 is 0 Å². The minimum Gasteiger partial charge on any atom is -0.381 e. The molecule has 0 spiro atoms. The maximum atomic E-state index is 12.7. The molecule has 2 rings (SSSR count). The van der Waals surface area contributed by atoms with Gasteiger partial charge in [0.1, 0.15) is 0 Å². The first kappa shape index (κ1) is 18.0. The van der Waals surface area contributed by atoms with E-state index in [-0.39, 0.29) is 18.3 Å². The third-order valence-electron chi connectivity index (χ3n) is 4.02. The van der Waals surface area contributed by atoms with Gasteiger partial charge < -0.3 is 15.8 Å². The summed E-state index contributed by atoms with van der Waals surface area (Å²) < 4.78 is 5.44. The van der Waals surface area contributed by atoms with E-state index < -0.39 is 5.41 Å². The number of unbranched alkanes of at least 4 members (excludes halogenated alkanes) is 1. The summed E-state index contributed by atoms with van der Waals surface area (Å²) in [7, 11) is 0. The summed E-state index contributed by atoms with van der Waals surface area (Å²) in [6.45, 7) is 2.66. The standard InChI is InChI=1S/C16H24N2O2.ClH/c17-10-4-5-11-18-15(19)16(8-12-20-13-9-16)14-6-2-1-3-7-14;/h1-3,6-7H,4-5,8-13,17H2,(H,18,19);1H. The quantitative estimate of drug-likeness (QED) is 0.790. The van der Waals surface area contributed by atoms with Gasteiger partial charge in [-0.05, 0) is 37.8 Å². The lowest BCUT2D eigenvalue weighted by atomic mass is 9.73. The van der Waals surface area contributed by atoms with Crippen LogP contribution in [0.5, 0.6) is 0 Å². The van der Waals surface area contributed by atoms with Crippen LogP contribution in [0, 0.1) is 0 Å². The Hall–Kier alpha value is -1.10. The minimum absolute atomic E-state index is 0. The van der Waals surface area contributed by atoms with Crippen LogP contribution in [0.2, 0.25) is 0 Å². The zero-order valence-corrected chi connectivity index (χ0v) is 13.2. The SMILES string of the molecule is Cl.NCCCCNC(=O)C1(c2ccccc2)CCOCC1. The molecule has 0 radical (unpaired) electrons. The van der Waals surface area contributed by atoms with Gasteiger partial charge in [-0.1, -0.05) is 30.3 Å². The zero-order valence-electron chi connectivity index (χ0n) is 12.3. The summed E-state index contributed by atoms with van der Waals surface area (Å²) >= 11 is 0. The molecule has 118 valence electrons. The minimum atomic E-state index is -0.428. The van der Waals surface area contributed by atoms with Crippen LogP contribution in [-0.4, -0.2) is 32.2 Å². The Morgan fingerprint density at radius 3 is 2.48 bits per heavy atom. The lowest BCUT2D eigenvalue weighted by Crippen LogP contribution is -2.48. The van der Waals surface area contributed by atoms with E-state index in [0.29, 0.717) is 26.3 Å². The number of hydrogen-bond acceptors (Lipinski definition) is 3. The molecule has 1 aliphatic heterocycles. The first-order valence-electron chi connectivity index (χ1n) is 7.41. The zero-order chi connectivity index (χ0) is 14.3. The number of rotatable bonds is 6. The number of amides is 1. The molecule has 1 saturated heterocycles. The van der Waals surface area contributed by atoms with Crippen molar-refractivity contribution in [3.8, 4) is 0 Å². The summed E-state index contributed by atoms with van der Waals surface area (Å²) in [6.07, 6.45) is 3.38. The number of carbonyl (C=O) groups is 1. The third kappa shape index (κ3) is 4.43. The summed E-state index contributed by atoms with van der Waals surface area (Å²) in [5.74, 6) is 0.129. The maximum absolute atomic E-state index is 12.7. The average molecular weight is 313 g/mol. The van der Waals surface area contributed by atoms with Crippen molar-refractivity contribution in [2.75, 3.05) is 26.3 Å². The van der Waals surface area contributed by atoms with Crippen molar-refractivity contribution in [3.05, 3.63) is 35.9 Å². The summed E-state index contributed by atoms with van der Waals surface area (Å²) in [5, 5.41) is 3.08. The second-order valence-electron chi connectivity index (χ2n) is 5.31. The predicted molar refractivity (Wildman–Crippen MR) is 86.7 cm³/mol. The highest BCUT2D eigenvalue weighted by atomic mass is 35.5. The Bertz CT molecular complexity index is 420. The van der Waals surface area contributed by atoms with Crippen LogP contribution in [0.4, 0.5) is 0 Å². The topological polar surface area (TPSA) is 64.3 Å². The van der Waals surface area contributed by atoms with E-state index in [0.717, 1.165) is 31.2 Å². The highest BCUT2D eigenvalue weighted by molar-refractivity contribution is 5.88. The van der Waals surface area contributed by atoms with Gasteiger partial charge in [0.05, 0.1) is 5.41 Å². The van der Waals surface area contributed by atoms with Gasteiger partial charge in [0.15, 0.2) is 0 Å². The molecule has 0 saturated carbocycles. The fourth-order valence-corrected chi connectivity index (χ4v) is 2.76. The Morgan fingerprint density at radius 1 is 1.19 bits per heavy atom. The summed E-state index contributed by atoms with van der Waals surface area (Å²) in [4.78, 5) is 12.7. The molecule has 1 aromatic carbocycles. The van der Waals surface area contributed by atoms with Gasteiger partial charge in [-0.25, -0.2) is 0 Å². The van der Waals surface area contributed by atoms with Crippen LogP contribution in [0.15, 0.2) is 30.3 Å². The van der Waals surface area contributed by atoms with E-state index in [1.807, 2.05) is 30.3 Å². The van der Waals surface area contributed by atoms with Gasteiger partial charge in [0.25, 0.3) is 0 Å². The van der Waals surface area contributed by atoms with E-state index in [1.165, 1.54) is 0 Å². The van der Waals surface area contributed by atoms with Crippen LogP contribution < -0.4 is 11.1 Å². The maximum Gasteiger partial charge on any atom is 0.230 e. The van der Waals surface area contributed by atoms with Crippen LogP contribution in [-0.2, 0) is 14.9 Å². The molecule has 0 bridgehead atoms. The number of benzene rings is 1. The lowest BCUT2D eigenvalue weighted by Gasteiger charge is -2.36. The molecule has 4 nitrogen and oxygen atoms in total. The average Bonchev–Trinajstić information content (AvgIpc) is 2.53. The van der Waals surface area contributed by atoms with E-state index in [9.17, 15) is 4.79 Å². The molecule has 1 heterocycles. The Balaban J connectivity index is 0.00000220. The van der Waals surface area contributed by atoms with E-state index in [1.54, 1.807) is 0 Å². The number of hydrogen-bond donors (Lipinski definition) is 2. The normalized spacial score (nSPS) is 16.8. The molecule has 3 N–H and O–H groups in total. The van der Waals surface area contributed by atoms with Gasteiger partial charge in [-0.15, -0.1) is 12.4 Å².